The number of fused-ring (bicyclic) bond motifs is 3. The maximum atomic E-state index is 12.5. The summed E-state index contributed by atoms with van der Waals surface area (Å²) in [6.07, 6.45) is 3.76. The van der Waals surface area contributed by atoms with Gasteiger partial charge in [-0.3, -0.25) is 9.20 Å². The van der Waals surface area contributed by atoms with Crippen LogP contribution in [0.3, 0.4) is 0 Å². The van der Waals surface area contributed by atoms with Crippen molar-refractivity contribution in [2.75, 3.05) is 11.1 Å². The standard InChI is InChI=1S/C25H24N6OS/c1-15-5-7-19(11-17(15)3)21-13-22-24-27-28-25(30(24)9-10-31(22)29-21)33-14-23(32)26-20-8-6-16(2)18(4)12-20/h5-13H,14H2,1-4H3,(H,26,32). The first-order valence-electron chi connectivity index (χ1n) is 10.7. The minimum absolute atomic E-state index is 0.0811. The summed E-state index contributed by atoms with van der Waals surface area (Å²) in [5, 5.41) is 17.0. The van der Waals surface area contributed by atoms with E-state index < -0.39 is 0 Å². The molecule has 0 aliphatic carbocycles. The first kappa shape index (κ1) is 21.2. The van der Waals surface area contributed by atoms with E-state index in [1.165, 1.54) is 28.5 Å². The first-order valence-corrected chi connectivity index (χ1v) is 11.7. The quantitative estimate of drug-likeness (QED) is 0.376. The molecular formula is C25H24N6OS. The molecule has 0 saturated heterocycles. The molecule has 0 saturated carbocycles. The molecule has 166 valence electrons. The number of hydrogen-bond acceptors (Lipinski definition) is 5. The number of carbonyl (C=O) groups excluding carboxylic acids is 1. The molecule has 1 amide bonds. The van der Waals surface area contributed by atoms with Gasteiger partial charge in [0, 0.05) is 23.6 Å². The molecule has 0 spiro atoms. The average molecular weight is 457 g/mol. The minimum Gasteiger partial charge on any atom is -0.325 e. The predicted molar refractivity (Wildman–Crippen MR) is 132 cm³/mol. The summed E-state index contributed by atoms with van der Waals surface area (Å²) >= 11 is 1.35. The van der Waals surface area contributed by atoms with Crippen LogP contribution in [0.4, 0.5) is 5.69 Å². The molecule has 8 heteroatoms. The fourth-order valence-electron chi connectivity index (χ4n) is 3.68. The highest BCUT2D eigenvalue weighted by Gasteiger charge is 2.14. The van der Waals surface area contributed by atoms with Gasteiger partial charge in [-0.2, -0.15) is 5.10 Å². The van der Waals surface area contributed by atoms with Gasteiger partial charge in [0.15, 0.2) is 10.8 Å². The van der Waals surface area contributed by atoms with Crippen molar-refractivity contribution < 1.29 is 4.79 Å². The SMILES string of the molecule is Cc1ccc(NC(=O)CSc2nnc3c4cc(-c5ccc(C)c(C)c5)nn4ccn23)cc1C. The zero-order chi connectivity index (χ0) is 23.1. The lowest BCUT2D eigenvalue weighted by Gasteiger charge is -2.07. The third kappa shape index (κ3) is 4.09. The highest BCUT2D eigenvalue weighted by Crippen LogP contribution is 2.25. The van der Waals surface area contributed by atoms with Gasteiger partial charge in [0.25, 0.3) is 0 Å². The summed E-state index contributed by atoms with van der Waals surface area (Å²) in [5.74, 6) is 0.161. The van der Waals surface area contributed by atoms with Gasteiger partial charge in [-0.1, -0.05) is 30.0 Å². The molecule has 0 aliphatic heterocycles. The molecule has 0 radical (unpaired) electrons. The Morgan fingerprint density at radius 2 is 1.67 bits per heavy atom. The van der Waals surface area contributed by atoms with Crippen LogP contribution in [0.2, 0.25) is 0 Å². The van der Waals surface area contributed by atoms with Gasteiger partial charge in [-0.05, 0) is 74.2 Å². The molecule has 33 heavy (non-hydrogen) atoms. The number of amides is 1. The van der Waals surface area contributed by atoms with E-state index in [9.17, 15) is 4.79 Å². The summed E-state index contributed by atoms with van der Waals surface area (Å²) in [7, 11) is 0. The Morgan fingerprint density at radius 3 is 2.42 bits per heavy atom. The Kier molecular flexibility index (Phi) is 5.38. The van der Waals surface area contributed by atoms with E-state index in [1.54, 1.807) is 0 Å². The van der Waals surface area contributed by atoms with Crippen LogP contribution >= 0.6 is 11.8 Å². The van der Waals surface area contributed by atoms with Crippen LogP contribution in [0.1, 0.15) is 22.3 Å². The van der Waals surface area contributed by atoms with Gasteiger partial charge in [-0.15, -0.1) is 10.2 Å². The van der Waals surface area contributed by atoms with Crippen molar-refractivity contribution >= 4 is 34.5 Å². The Hall–Kier alpha value is -3.65. The minimum atomic E-state index is -0.0811. The zero-order valence-corrected chi connectivity index (χ0v) is 19.8. The molecule has 0 bridgehead atoms. The van der Waals surface area contributed by atoms with Gasteiger partial charge >= 0.3 is 0 Å². The third-order valence-electron chi connectivity index (χ3n) is 5.91. The second kappa shape index (κ2) is 8.37. The molecule has 0 fully saturated rings. The molecule has 3 heterocycles. The zero-order valence-electron chi connectivity index (χ0n) is 19.0. The van der Waals surface area contributed by atoms with E-state index >= 15 is 0 Å². The number of carbonyl (C=O) groups is 1. The number of aromatic nitrogens is 5. The number of rotatable bonds is 5. The molecule has 5 aromatic rings. The van der Waals surface area contributed by atoms with E-state index in [2.05, 4.69) is 54.5 Å². The molecule has 0 aliphatic rings. The summed E-state index contributed by atoms with van der Waals surface area (Å²) in [6.45, 7) is 8.29. The van der Waals surface area contributed by atoms with Crippen molar-refractivity contribution in [2.45, 2.75) is 32.9 Å². The molecule has 1 N–H and O–H groups in total. The molecule has 0 atom stereocenters. The van der Waals surface area contributed by atoms with Crippen molar-refractivity contribution in [2.24, 2.45) is 0 Å². The van der Waals surface area contributed by atoms with Crippen molar-refractivity contribution in [1.29, 1.82) is 0 Å². The van der Waals surface area contributed by atoms with Gasteiger partial charge in [0.1, 0.15) is 5.52 Å². The number of benzene rings is 2. The number of hydrogen-bond donors (Lipinski definition) is 1. The van der Waals surface area contributed by atoms with E-state index in [-0.39, 0.29) is 11.7 Å². The van der Waals surface area contributed by atoms with Gasteiger partial charge in [0.2, 0.25) is 5.91 Å². The lowest BCUT2D eigenvalue weighted by molar-refractivity contribution is -0.113. The summed E-state index contributed by atoms with van der Waals surface area (Å²) in [6, 6.07) is 14.3. The molecule has 5 rings (SSSR count). The second-order valence-electron chi connectivity index (χ2n) is 8.27. The Labute approximate surface area is 195 Å². The largest absolute Gasteiger partial charge is 0.325 e. The first-order chi connectivity index (χ1) is 15.9. The molecule has 0 unspecified atom stereocenters. The highest BCUT2D eigenvalue weighted by molar-refractivity contribution is 7.99. The monoisotopic (exact) mass is 456 g/mol. The van der Waals surface area contributed by atoms with Gasteiger partial charge in [-0.25, -0.2) is 4.52 Å². The van der Waals surface area contributed by atoms with Crippen LogP contribution in [0.15, 0.2) is 60.0 Å². The van der Waals surface area contributed by atoms with E-state index in [0.717, 1.165) is 28.0 Å². The fourth-order valence-corrected chi connectivity index (χ4v) is 4.39. The van der Waals surface area contributed by atoms with Crippen LogP contribution in [-0.4, -0.2) is 35.9 Å². The lowest BCUT2D eigenvalue weighted by atomic mass is 10.0. The molecular weight excluding hydrogens is 432 g/mol. The van der Waals surface area contributed by atoms with Crippen LogP contribution in [0.5, 0.6) is 0 Å². The van der Waals surface area contributed by atoms with Gasteiger partial charge in [0.05, 0.1) is 11.4 Å². The number of aryl methyl sites for hydroxylation is 4. The topological polar surface area (TPSA) is 76.6 Å². The lowest BCUT2D eigenvalue weighted by Crippen LogP contribution is -2.14. The van der Waals surface area contributed by atoms with Crippen molar-refractivity contribution in [1.82, 2.24) is 24.2 Å². The second-order valence-corrected chi connectivity index (χ2v) is 9.21. The molecule has 7 nitrogen and oxygen atoms in total. The van der Waals surface area contributed by atoms with Crippen LogP contribution in [0.25, 0.3) is 22.4 Å². The Balaban J connectivity index is 1.37. The summed E-state index contributed by atoms with van der Waals surface area (Å²) in [4.78, 5) is 12.5. The van der Waals surface area contributed by atoms with Gasteiger partial charge < -0.3 is 5.32 Å². The summed E-state index contributed by atoms with van der Waals surface area (Å²) in [5.41, 5.74) is 9.16. The maximum absolute atomic E-state index is 12.5. The molecule has 2 aromatic carbocycles. The van der Waals surface area contributed by atoms with E-state index in [4.69, 9.17) is 5.10 Å². The highest BCUT2D eigenvalue weighted by atomic mass is 32.2. The van der Waals surface area contributed by atoms with Crippen LogP contribution in [-0.2, 0) is 4.79 Å². The smallest absolute Gasteiger partial charge is 0.234 e. The average Bonchev–Trinajstić information content (AvgIpc) is 3.40. The number of nitrogens with zero attached hydrogens (tertiary/aromatic N) is 5. The maximum Gasteiger partial charge on any atom is 0.234 e. The van der Waals surface area contributed by atoms with Crippen LogP contribution < -0.4 is 5.32 Å². The Bertz CT molecular complexity index is 1520. The van der Waals surface area contributed by atoms with Crippen molar-refractivity contribution in [3.8, 4) is 11.3 Å². The Morgan fingerprint density at radius 1 is 0.909 bits per heavy atom. The molecule has 3 aromatic heterocycles. The predicted octanol–water partition coefficient (Wildman–Crippen LogP) is 5.01. The fraction of sp³-hybridized carbons (Fsp3) is 0.200. The summed E-state index contributed by atoms with van der Waals surface area (Å²) < 4.78 is 3.71. The van der Waals surface area contributed by atoms with Crippen LogP contribution in [0, 0.1) is 27.7 Å². The normalized spacial score (nSPS) is 11.4. The number of nitrogens with one attached hydrogen (secondary N) is 1. The van der Waals surface area contributed by atoms with E-state index in [1.807, 2.05) is 52.5 Å². The van der Waals surface area contributed by atoms with Crippen molar-refractivity contribution in [3.05, 3.63) is 77.1 Å². The van der Waals surface area contributed by atoms with Crippen molar-refractivity contribution in [3.63, 3.8) is 0 Å². The third-order valence-corrected chi connectivity index (χ3v) is 6.86. The number of thioether (sulfide) groups is 1. The number of anilines is 1. The van der Waals surface area contributed by atoms with E-state index in [0.29, 0.717) is 10.8 Å².